The minimum absolute atomic E-state index is 0.208. The minimum Gasteiger partial charge on any atom is -0.383 e. The van der Waals surface area contributed by atoms with E-state index < -0.39 is 5.69 Å². The second kappa shape index (κ2) is 6.30. The number of fused-ring (bicyclic) bond motifs is 3. The summed E-state index contributed by atoms with van der Waals surface area (Å²) >= 11 is 5.97. The zero-order chi connectivity index (χ0) is 18.4. The average Bonchev–Trinajstić information content (AvgIpc) is 3.20. The highest BCUT2D eigenvalue weighted by molar-refractivity contribution is 6.30. The monoisotopic (exact) mass is 375 g/mol. The molecule has 0 radical (unpaired) electrons. The normalized spacial score (nSPS) is 13.6. The summed E-state index contributed by atoms with van der Waals surface area (Å²) in [5, 5.41) is 0.657. The van der Waals surface area contributed by atoms with Gasteiger partial charge in [0.1, 0.15) is 0 Å². The molecule has 0 N–H and O–H groups in total. The molecule has 9 heteroatoms. The quantitative estimate of drug-likeness (QED) is 0.688. The van der Waals surface area contributed by atoms with E-state index in [2.05, 4.69) is 4.98 Å². The molecule has 4 rings (SSSR count). The Morgan fingerprint density at radius 2 is 1.92 bits per heavy atom. The van der Waals surface area contributed by atoms with Crippen LogP contribution in [0.4, 0.5) is 11.6 Å². The van der Waals surface area contributed by atoms with Crippen LogP contribution in [-0.2, 0) is 24.9 Å². The van der Waals surface area contributed by atoms with Crippen molar-refractivity contribution in [1.82, 2.24) is 18.7 Å². The van der Waals surface area contributed by atoms with Gasteiger partial charge in [-0.1, -0.05) is 11.6 Å². The van der Waals surface area contributed by atoms with Crippen molar-refractivity contribution >= 4 is 34.4 Å². The second-order valence-corrected chi connectivity index (χ2v) is 6.59. The standard InChI is InChI=1S/C17H18ClN5O3/c1-20-14-13(15(24)23(17(20)25)9-10-26-2)22-8-7-21(16(22)19-14)12-5-3-11(18)4-6-12/h3-6H,7-10H2,1-2H3. The van der Waals surface area contributed by atoms with Gasteiger partial charge in [0.15, 0.2) is 11.2 Å². The van der Waals surface area contributed by atoms with Crippen LogP contribution in [-0.4, -0.2) is 38.9 Å². The SMILES string of the molecule is COCCn1c(=O)c2c(nc3n2CCN3c2ccc(Cl)cc2)n(C)c1=O. The number of imidazole rings is 1. The third kappa shape index (κ3) is 2.45. The Bertz CT molecular complexity index is 1100. The molecule has 0 saturated carbocycles. The van der Waals surface area contributed by atoms with Crippen molar-refractivity contribution in [1.29, 1.82) is 0 Å². The molecule has 0 amide bonds. The molecule has 0 aliphatic carbocycles. The number of halogens is 1. The van der Waals surface area contributed by atoms with Gasteiger partial charge in [0, 0.05) is 38.0 Å². The summed E-state index contributed by atoms with van der Waals surface area (Å²) in [4.78, 5) is 32.0. The van der Waals surface area contributed by atoms with Crippen molar-refractivity contribution in [2.24, 2.45) is 7.05 Å². The van der Waals surface area contributed by atoms with Crippen molar-refractivity contribution in [3.63, 3.8) is 0 Å². The van der Waals surface area contributed by atoms with Crippen molar-refractivity contribution in [3.05, 3.63) is 50.1 Å². The molecular weight excluding hydrogens is 358 g/mol. The van der Waals surface area contributed by atoms with Gasteiger partial charge in [-0.2, -0.15) is 4.98 Å². The molecule has 1 aliphatic rings. The lowest BCUT2D eigenvalue weighted by Crippen LogP contribution is -2.40. The van der Waals surface area contributed by atoms with Gasteiger partial charge in [-0.3, -0.25) is 13.9 Å². The van der Waals surface area contributed by atoms with Crippen LogP contribution in [0.25, 0.3) is 11.2 Å². The molecule has 1 aromatic carbocycles. The van der Waals surface area contributed by atoms with E-state index in [1.54, 1.807) is 7.05 Å². The van der Waals surface area contributed by atoms with E-state index in [9.17, 15) is 9.59 Å². The van der Waals surface area contributed by atoms with Crippen LogP contribution >= 0.6 is 11.6 Å². The van der Waals surface area contributed by atoms with Gasteiger partial charge in [0.05, 0.1) is 13.2 Å². The first kappa shape index (κ1) is 16.9. The van der Waals surface area contributed by atoms with E-state index >= 15 is 0 Å². The van der Waals surface area contributed by atoms with Crippen molar-refractivity contribution in [2.45, 2.75) is 13.1 Å². The molecule has 0 atom stereocenters. The molecule has 0 bridgehead atoms. The number of ether oxygens (including phenoxy) is 1. The molecule has 8 nitrogen and oxygen atoms in total. The van der Waals surface area contributed by atoms with E-state index in [0.29, 0.717) is 41.8 Å². The number of rotatable bonds is 4. The Kier molecular flexibility index (Phi) is 4.08. The highest BCUT2D eigenvalue weighted by atomic mass is 35.5. The zero-order valence-electron chi connectivity index (χ0n) is 14.5. The first-order valence-electron chi connectivity index (χ1n) is 8.25. The molecule has 0 saturated heterocycles. The third-order valence-electron chi connectivity index (χ3n) is 4.66. The molecule has 0 fully saturated rings. The van der Waals surface area contributed by atoms with Crippen LogP contribution in [0.1, 0.15) is 0 Å². The Balaban J connectivity index is 1.91. The largest absolute Gasteiger partial charge is 0.383 e. The van der Waals surface area contributed by atoms with Crippen LogP contribution in [0, 0.1) is 0 Å². The number of anilines is 2. The topological polar surface area (TPSA) is 74.3 Å². The van der Waals surface area contributed by atoms with Crippen LogP contribution in [0.2, 0.25) is 5.02 Å². The van der Waals surface area contributed by atoms with E-state index in [-0.39, 0.29) is 12.1 Å². The Morgan fingerprint density at radius 3 is 2.62 bits per heavy atom. The maximum atomic E-state index is 12.9. The first-order valence-corrected chi connectivity index (χ1v) is 8.63. The Labute approximate surface area is 153 Å². The molecule has 3 heterocycles. The summed E-state index contributed by atoms with van der Waals surface area (Å²) in [6.45, 7) is 1.81. The van der Waals surface area contributed by atoms with Gasteiger partial charge < -0.3 is 14.2 Å². The van der Waals surface area contributed by atoms with Gasteiger partial charge in [0.25, 0.3) is 5.56 Å². The van der Waals surface area contributed by atoms with Gasteiger partial charge in [-0.05, 0) is 24.3 Å². The molecule has 0 spiro atoms. The van der Waals surface area contributed by atoms with E-state index in [1.807, 2.05) is 33.7 Å². The van der Waals surface area contributed by atoms with Crippen molar-refractivity contribution in [3.8, 4) is 0 Å². The summed E-state index contributed by atoms with van der Waals surface area (Å²) in [6, 6.07) is 7.45. The summed E-state index contributed by atoms with van der Waals surface area (Å²) in [5.41, 5.74) is 1.04. The number of nitrogens with zero attached hydrogens (tertiary/aromatic N) is 5. The Hall–Kier alpha value is -2.58. The minimum atomic E-state index is -0.394. The molecule has 2 aromatic heterocycles. The number of benzene rings is 1. The predicted octanol–water partition coefficient (Wildman–Crippen LogP) is 1.35. The number of aromatic nitrogens is 4. The van der Waals surface area contributed by atoms with Crippen LogP contribution in [0.5, 0.6) is 0 Å². The lowest BCUT2D eigenvalue weighted by Gasteiger charge is -2.15. The zero-order valence-corrected chi connectivity index (χ0v) is 15.2. The molecule has 136 valence electrons. The van der Waals surface area contributed by atoms with E-state index in [4.69, 9.17) is 16.3 Å². The maximum Gasteiger partial charge on any atom is 0.332 e. The fourth-order valence-corrected chi connectivity index (χ4v) is 3.45. The van der Waals surface area contributed by atoms with E-state index in [1.165, 1.54) is 16.2 Å². The summed E-state index contributed by atoms with van der Waals surface area (Å²) in [5.74, 6) is 0.652. The predicted molar refractivity (Wildman–Crippen MR) is 99.6 cm³/mol. The number of aryl methyl sites for hydroxylation is 1. The van der Waals surface area contributed by atoms with Gasteiger partial charge in [-0.25, -0.2) is 4.79 Å². The van der Waals surface area contributed by atoms with Gasteiger partial charge >= 0.3 is 5.69 Å². The number of hydrogen-bond acceptors (Lipinski definition) is 5. The lowest BCUT2D eigenvalue weighted by molar-refractivity contribution is 0.184. The van der Waals surface area contributed by atoms with Gasteiger partial charge in [0.2, 0.25) is 5.95 Å². The van der Waals surface area contributed by atoms with Crippen molar-refractivity contribution < 1.29 is 4.74 Å². The van der Waals surface area contributed by atoms with Crippen LogP contribution < -0.4 is 16.1 Å². The first-order chi connectivity index (χ1) is 12.5. The summed E-state index contributed by atoms with van der Waals surface area (Å²) in [6.07, 6.45) is 0. The van der Waals surface area contributed by atoms with Crippen LogP contribution in [0.15, 0.2) is 33.9 Å². The highest BCUT2D eigenvalue weighted by Crippen LogP contribution is 2.32. The summed E-state index contributed by atoms with van der Waals surface area (Å²) < 4.78 is 9.50. The fraction of sp³-hybridized carbons (Fsp3) is 0.353. The van der Waals surface area contributed by atoms with Gasteiger partial charge in [-0.15, -0.1) is 0 Å². The number of methoxy groups -OCH3 is 1. The lowest BCUT2D eigenvalue weighted by atomic mass is 10.3. The smallest absolute Gasteiger partial charge is 0.332 e. The molecule has 1 aliphatic heterocycles. The molecule has 0 unspecified atom stereocenters. The van der Waals surface area contributed by atoms with Crippen molar-refractivity contribution in [2.75, 3.05) is 25.2 Å². The van der Waals surface area contributed by atoms with E-state index in [0.717, 1.165) is 5.69 Å². The van der Waals surface area contributed by atoms with Crippen LogP contribution in [0.3, 0.4) is 0 Å². The summed E-state index contributed by atoms with van der Waals surface area (Å²) in [7, 11) is 3.16. The highest BCUT2D eigenvalue weighted by Gasteiger charge is 2.28. The molecule has 26 heavy (non-hydrogen) atoms. The molecule has 3 aromatic rings. The number of hydrogen-bond donors (Lipinski definition) is 0. The Morgan fingerprint density at radius 1 is 1.19 bits per heavy atom. The average molecular weight is 376 g/mol. The molecular formula is C17H18ClN5O3. The third-order valence-corrected chi connectivity index (χ3v) is 4.91. The second-order valence-electron chi connectivity index (χ2n) is 6.15. The maximum absolute atomic E-state index is 12.9. The fourth-order valence-electron chi connectivity index (χ4n) is 3.32.